The zero-order chi connectivity index (χ0) is 18.8. The van der Waals surface area contributed by atoms with Crippen LogP contribution < -0.4 is 5.32 Å². The molecule has 4 rings (SSSR count). The molecule has 0 aliphatic rings. The molecule has 7 nitrogen and oxygen atoms in total. The van der Waals surface area contributed by atoms with Crippen LogP contribution >= 0.6 is 0 Å². The number of benzene rings is 1. The Morgan fingerprint density at radius 2 is 1.96 bits per heavy atom. The molecule has 0 unspecified atom stereocenters. The van der Waals surface area contributed by atoms with Crippen molar-refractivity contribution in [1.82, 2.24) is 29.6 Å². The quantitative estimate of drug-likeness (QED) is 0.593. The van der Waals surface area contributed by atoms with Gasteiger partial charge in [0.05, 0.1) is 16.7 Å². The van der Waals surface area contributed by atoms with Gasteiger partial charge in [-0.1, -0.05) is 18.2 Å². The number of nitrogens with zero attached hydrogens (tertiary/aromatic N) is 5. The third kappa shape index (κ3) is 3.44. The van der Waals surface area contributed by atoms with E-state index in [1.807, 2.05) is 60.9 Å². The summed E-state index contributed by atoms with van der Waals surface area (Å²) in [6.07, 6.45) is 3.50. The van der Waals surface area contributed by atoms with Gasteiger partial charge in [0, 0.05) is 24.0 Å². The molecule has 3 heterocycles. The maximum Gasteiger partial charge on any atom is 0.242 e. The van der Waals surface area contributed by atoms with Gasteiger partial charge >= 0.3 is 0 Å². The number of aromatic nitrogens is 5. The van der Waals surface area contributed by atoms with E-state index in [0.29, 0.717) is 6.54 Å². The van der Waals surface area contributed by atoms with Crippen LogP contribution in [0, 0.1) is 13.8 Å². The van der Waals surface area contributed by atoms with E-state index < -0.39 is 0 Å². The second-order valence-electron chi connectivity index (χ2n) is 6.45. The standard InChI is InChI=1S/C20H20N6O/c1-14-10-15(2)26(24-14)12-19(27)22-11-16-6-5-9-21-20(16)25-13-23-17-7-3-4-8-18(17)25/h3-10,13H,11-12H2,1-2H3,(H,22,27). The summed E-state index contributed by atoms with van der Waals surface area (Å²) < 4.78 is 3.65. The molecule has 1 N–H and O–H groups in total. The van der Waals surface area contributed by atoms with E-state index in [1.54, 1.807) is 17.2 Å². The molecule has 136 valence electrons. The Labute approximate surface area is 156 Å². The summed E-state index contributed by atoms with van der Waals surface area (Å²) in [7, 11) is 0. The van der Waals surface area contributed by atoms with E-state index in [4.69, 9.17) is 0 Å². The van der Waals surface area contributed by atoms with Crippen molar-refractivity contribution in [1.29, 1.82) is 0 Å². The van der Waals surface area contributed by atoms with Crippen LogP contribution in [-0.2, 0) is 17.9 Å². The second kappa shape index (κ2) is 7.03. The molecular weight excluding hydrogens is 340 g/mol. The summed E-state index contributed by atoms with van der Waals surface area (Å²) in [4.78, 5) is 21.3. The van der Waals surface area contributed by atoms with E-state index in [1.165, 1.54) is 0 Å². The number of nitrogens with one attached hydrogen (secondary N) is 1. The fraction of sp³-hybridized carbons (Fsp3) is 0.200. The molecule has 0 spiro atoms. The highest BCUT2D eigenvalue weighted by Crippen LogP contribution is 2.19. The lowest BCUT2D eigenvalue weighted by Crippen LogP contribution is -2.28. The highest BCUT2D eigenvalue weighted by Gasteiger charge is 2.12. The summed E-state index contributed by atoms with van der Waals surface area (Å²) in [5.74, 6) is 0.670. The van der Waals surface area contributed by atoms with Crippen molar-refractivity contribution in [2.24, 2.45) is 0 Å². The van der Waals surface area contributed by atoms with Gasteiger partial charge in [0.15, 0.2) is 0 Å². The van der Waals surface area contributed by atoms with E-state index >= 15 is 0 Å². The van der Waals surface area contributed by atoms with Gasteiger partial charge in [-0.3, -0.25) is 14.0 Å². The number of imidazole rings is 1. The molecule has 27 heavy (non-hydrogen) atoms. The highest BCUT2D eigenvalue weighted by atomic mass is 16.2. The Morgan fingerprint density at radius 3 is 2.78 bits per heavy atom. The smallest absolute Gasteiger partial charge is 0.242 e. The second-order valence-corrected chi connectivity index (χ2v) is 6.45. The molecule has 0 saturated carbocycles. The SMILES string of the molecule is Cc1cc(C)n(CC(=O)NCc2cccnc2-n2cnc3ccccc32)n1. The van der Waals surface area contributed by atoms with Crippen LogP contribution in [0.2, 0.25) is 0 Å². The molecule has 0 saturated heterocycles. The van der Waals surface area contributed by atoms with Gasteiger partial charge < -0.3 is 5.32 Å². The molecule has 0 bridgehead atoms. The Kier molecular flexibility index (Phi) is 4.42. The van der Waals surface area contributed by atoms with Crippen LogP contribution in [0.25, 0.3) is 16.9 Å². The number of hydrogen-bond acceptors (Lipinski definition) is 4. The van der Waals surface area contributed by atoms with Crippen LogP contribution in [0.4, 0.5) is 0 Å². The molecule has 0 radical (unpaired) electrons. The average molecular weight is 360 g/mol. The van der Waals surface area contributed by atoms with Gasteiger partial charge in [-0.2, -0.15) is 5.10 Å². The van der Waals surface area contributed by atoms with Crippen LogP contribution in [0.1, 0.15) is 17.0 Å². The lowest BCUT2D eigenvalue weighted by molar-refractivity contribution is -0.122. The number of pyridine rings is 1. The van der Waals surface area contributed by atoms with Gasteiger partial charge in [0.2, 0.25) is 5.91 Å². The fourth-order valence-corrected chi connectivity index (χ4v) is 3.13. The number of carbonyl (C=O) groups excluding carboxylic acids is 1. The average Bonchev–Trinajstić information content (AvgIpc) is 3.23. The molecule has 0 atom stereocenters. The number of carbonyl (C=O) groups is 1. The Morgan fingerprint density at radius 1 is 1.11 bits per heavy atom. The fourth-order valence-electron chi connectivity index (χ4n) is 3.13. The van der Waals surface area contributed by atoms with Gasteiger partial charge in [0.25, 0.3) is 0 Å². The van der Waals surface area contributed by atoms with Crippen LogP contribution in [-0.4, -0.2) is 30.2 Å². The van der Waals surface area contributed by atoms with Crippen molar-refractivity contribution in [3.63, 3.8) is 0 Å². The van der Waals surface area contributed by atoms with E-state index in [9.17, 15) is 4.79 Å². The van der Waals surface area contributed by atoms with E-state index in [-0.39, 0.29) is 12.5 Å². The monoisotopic (exact) mass is 360 g/mol. The number of hydrogen-bond donors (Lipinski definition) is 1. The molecule has 0 aliphatic heterocycles. The first-order chi connectivity index (χ1) is 13.1. The number of amides is 1. The third-order valence-electron chi connectivity index (χ3n) is 4.42. The molecule has 0 fully saturated rings. The molecule has 0 aliphatic carbocycles. The lowest BCUT2D eigenvalue weighted by atomic mass is 10.2. The van der Waals surface area contributed by atoms with Crippen molar-refractivity contribution < 1.29 is 4.79 Å². The number of rotatable bonds is 5. The first kappa shape index (κ1) is 17.0. The maximum absolute atomic E-state index is 12.3. The predicted molar refractivity (Wildman–Crippen MR) is 102 cm³/mol. The Balaban J connectivity index is 1.53. The van der Waals surface area contributed by atoms with Gasteiger partial charge in [-0.05, 0) is 38.1 Å². The molecule has 1 amide bonds. The van der Waals surface area contributed by atoms with Crippen molar-refractivity contribution >= 4 is 16.9 Å². The van der Waals surface area contributed by atoms with Crippen LogP contribution in [0.15, 0.2) is 55.0 Å². The molecule has 7 heteroatoms. The minimum absolute atomic E-state index is 0.0912. The highest BCUT2D eigenvalue weighted by molar-refractivity contribution is 5.77. The van der Waals surface area contributed by atoms with Crippen molar-refractivity contribution in [3.8, 4) is 5.82 Å². The number of fused-ring (bicyclic) bond motifs is 1. The van der Waals surface area contributed by atoms with Crippen molar-refractivity contribution in [2.45, 2.75) is 26.9 Å². The zero-order valence-electron chi connectivity index (χ0n) is 15.3. The number of para-hydroxylation sites is 2. The van der Waals surface area contributed by atoms with Crippen LogP contribution in [0.5, 0.6) is 0 Å². The summed E-state index contributed by atoms with van der Waals surface area (Å²) in [5.41, 5.74) is 4.67. The normalized spacial score (nSPS) is 11.0. The maximum atomic E-state index is 12.3. The van der Waals surface area contributed by atoms with Crippen molar-refractivity contribution in [3.05, 3.63) is 71.9 Å². The van der Waals surface area contributed by atoms with Gasteiger partial charge in [0.1, 0.15) is 18.7 Å². The largest absolute Gasteiger partial charge is 0.350 e. The minimum Gasteiger partial charge on any atom is -0.350 e. The lowest BCUT2D eigenvalue weighted by Gasteiger charge is -2.11. The zero-order valence-corrected chi connectivity index (χ0v) is 15.3. The molecule has 4 aromatic rings. The molecule has 3 aromatic heterocycles. The summed E-state index contributed by atoms with van der Waals surface area (Å²) >= 11 is 0. The summed E-state index contributed by atoms with van der Waals surface area (Å²) in [6, 6.07) is 13.7. The molecule has 1 aromatic carbocycles. The Bertz CT molecular complexity index is 1110. The first-order valence-electron chi connectivity index (χ1n) is 8.76. The Hall–Kier alpha value is -3.48. The number of aryl methyl sites for hydroxylation is 2. The van der Waals surface area contributed by atoms with Gasteiger partial charge in [-0.15, -0.1) is 0 Å². The van der Waals surface area contributed by atoms with Gasteiger partial charge in [-0.25, -0.2) is 9.97 Å². The molecular formula is C20H20N6O. The summed E-state index contributed by atoms with van der Waals surface area (Å²) in [6.45, 7) is 4.44. The van der Waals surface area contributed by atoms with Crippen molar-refractivity contribution in [2.75, 3.05) is 0 Å². The predicted octanol–water partition coefficient (Wildman–Crippen LogP) is 2.55. The summed E-state index contributed by atoms with van der Waals surface area (Å²) in [5, 5.41) is 7.29. The van der Waals surface area contributed by atoms with Crippen LogP contribution in [0.3, 0.4) is 0 Å². The van der Waals surface area contributed by atoms with E-state index in [2.05, 4.69) is 20.4 Å². The topological polar surface area (TPSA) is 77.6 Å². The first-order valence-corrected chi connectivity index (χ1v) is 8.76. The third-order valence-corrected chi connectivity index (χ3v) is 4.42. The van der Waals surface area contributed by atoms with E-state index in [0.717, 1.165) is 33.8 Å². The minimum atomic E-state index is -0.0912.